The van der Waals surface area contributed by atoms with Crippen LogP contribution in [0, 0.1) is 11.3 Å². The van der Waals surface area contributed by atoms with Crippen LogP contribution in [0.4, 0.5) is 5.69 Å². The van der Waals surface area contributed by atoms with Crippen molar-refractivity contribution in [3.63, 3.8) is 0 Å². The molecule has 7 heteroatoms. The van der Waals surface area contributed by atoms with Crippen LogP contribution >= 0.6 is 11.6 Å². The van der Waals surface area contributed by atoms with Crippen LogP contribution in [0.1, 0.15) is 16.8 Å². The van der Waals surface area contributed by atoms with Crippen molar-refractivity contribution in [2.75, 3.05) is 18.1 Å². The Balaban J connectivity index is 1.76. The van der Waals surface area contributed by atoms with Gasteiger partial charge in [0.15, 0.2) is 6.61 Å². The fourth-order valence-corrected chi connectivity index (χ4v) is 2.96. The Hall–Kier alpha value is -3.43. The Morgan fingerprint density at radius 2 is 1.82 bits per heavy atom. The number of anilines is 1. The van der Waals surface area contributed by atoms with Gasteiger partial charge in [-0.25, -0.2) is 9.78 Å². The van der Waals surface area contributed by atoms with Crippen molar-refractivity contribution in [2.24, 2.45) is 0 Å². The average Bonchev–Trinajstić information content (AvgIpc) is 2.72. The maximum atomic E-state index is 12.6. The highest BCUT2D eigenvalue weighted by Gasteiger charge is 2.19. The van der Waals surface area contributed by atoms with Crippen LogP contribution in [0.5, 0.6) is 0 Å². The van der Waals surface area contributed by atoms with E-state index in [9.17, 15) is 9.59 Å². The molecule has 1 amide bonds. The van der Waals surface area contributed by atoms with Crippen LogP contribution in [-0.2, 0) is 9.53 Å². The molecule has 6 nitrogen and oxygen atoms in total. The van der Waals surface area contributed by atoms with Crippen molar-refractivity contribution >= 4 is 40.1 Å². The molecule has 2 aromatic carbocycles. The highest BCUT2D eigenvalue weighted by molar-refractivity contribution is 6.30. The van der Waals surface area contributed by atoms with E-state index in [2.05, 4.69) is 4.98 Å². The molecule has 0 N–H and O–H groups in total. The van der Waals surface area contributed by atoms with Gasteiger partial charge in [-0.1, -0.05) is 48.0 Å². The number of benzene rings is 2. The number of fused-ring (bicyclic) bond motifs is 1. The van der Waals surface area contributed by atoms with Crippen molar-refractivity contribution in [1.82, 2.24) is 4.98 Å². The summed E-state index contributed by atoms with van der Waals surface area (Å²) >= 11 is 5.99. The van der Waals surface area contributed by atoms with Crippen LogP contribution < -0.4 is 4.90 Å². The van der Waals surface area contributed by atoms with E-state index in [4.69, 9.17) is 21.6 Å². The van der Waals surface area contributed by atoms with E-state index in [1.807, 2.05) is 12.1 Å². The van der Waals surface area contributed by atoms with Crippen LogP contribution in [-0.4, -0.2) is 30.0 Å². The maximum absolute atomic E-state index is 12.6. The number of hydrogen-bond acceptors (Lipinski definition) is 5. The molecule has 0 aliphatic carbocycles. The number of carbonyl (C=O) groups is 2. The molecule has 0 aliphatic rings. The highest BCUT2D eigenvalue weighted by Crippen LogP contribution is 2.22. The molecule has 3 rings (SSSR count). The van der Waals surface area contributed by atoms with Crippen LogP contribution in [0.25, 0.3) is 10.9 Å². The third-order valence-electron chi connectivity index (χ3n) is 4.05. The van der Waals surface area contributed by atoms with Gasteiger partial charge in [0.25, 0.3) is 5.91 Å². The van der Waals surface area contributed by atoms with Gasteiger partial charge in [-0.15, -0.1) is 0 Å². The smallest absolute Gasteiger partial charge is 0.339 e. The molecule has 0 spiro atoms. The minimum absolute atomic E-state index is 0.164. The molecule has 3 aromatic rings. The number of esters is 1. The fourth-order valence-electron chi connectivity index (χ4n) is 2.76. The molecule has 140 valence electrons. The first-order valence-electron chi connectivity index (χ1n) is 8.55. The molecule has 0 saturated heterocycles. The fraction of sp³-hybridized carbons (Fsp3) is 0.143. The quantitative estimate of drug-likeness (QED) is 0.467. The molecule has 0 bridgehead atoms. The second kappa shape index (κ2) is 8.98. The average molecular weight is 394 g/mol. The predicted octanol–water partition coefficient (Wildman–Crippen LogP) is 3.99. The van der Waals surface area contributed by atoms with E-state index < -0.39 is 18.5 Å². The minimum Gasteiger partial charge on any atom is -0.452 e. The summed E-state index contributed by atoms with van der Waals surface area (Å²) in [6.07, 6.45) is 0.166. The summed E-state index contributed by atoms with van der Waals surface area (Å²) in [6.45, 7) is -0.242. The zero-order valence-corrected chi connectivity index (χ0v) is 15.6. The highest BCUT2D eigenvalue weighted by atomic mass is 35.5. The molecular formula is C21H16ClN3O3. The van der Waals surface area contributed by atoms with Gasteiger partial charge in [0.1, 0.15) is 5.15 Å². The third-order valence-corrected chi connectivity index (χ3v) is 4.24. The van der Waals surface area contributed by atoms with Crippen molar-refractivity contribution in [2.45, 2.75) is 6.42 Å². The summed E-state index contributed by atoms with van der Waals surface area (Å²) in [5.74, 6) is -1.08. The molecule has 0 atom stereocenters. The first-order valence-corrected chi connectivity index (χ1v) is 8.92. The summed E-state index contributed by atoms with van der Waals surface area (Å²) in [5.41, 5.74) is 1.44. The third kappa shape index (κ3) is 4.45. The Kier molecular flexibility index (Phi) is 6.20. The number of halogens is 1. The lowest BCUT2D eigenvalue weighted by atomic mass is 10.1. The summed E-state index contributed by atoms with van der Waals surface area (Å²) < 4.78 is 5.24. The van der Waals surface area contributed by atoms with E-state index in [0.717, 1.165) is 0 Å². The van der Waals surface area contributed by atoms with E-state index >= 15 is 0 Å². The SMILES string of the molecule is N#CCCN(C(=O)COC(=O)c1cc(Cl)nc2ccccc12)c1ccccc1. The van der Waals surface area contributed by atoms with Gasteiger partial charge >= 0.3 is 5.97 Å². The molecule has 0 unspecified atom stereocenters. The number of hydrogen-bond donors (Lipinski definition) is 0. The lowest BCUT2D eigenvalue weighted by molar-refractivity contribution is -0.121. The number of rotatable bonds is 6. The number of nitrogens with zero attached hydrogens (tertiary/aromatic N) is 3. The number of pyridine rings is 1. The number of para-hydroxylation sites is 2. The topological polar surface area (TPSA) is 83.3 Å². The Labute approximate surface area is 166 Å². The Bertz CT molecular complexity index is 1050. The lowest BCUT2D eigenvalue weighted by Crippen LogP contribution is -2.35. The first kappa shape index (κ1) is 19.3. The van der Waals surface area contributed by atoms with Crippen molar-refractivity contribution in [3.05, 3.63) is 71.4 Å². The molecule has 28 heavy (non-hydrogen) atoms. The standard InChI is InChI=1S/C21H16ClN3O3/c22-19-13-17(16-9-4-5-10-18(16)24-19)21(27)28-14-20(26)25(12-6-11-23)15-7-2-1-3-8-15/h1-5,7-10,13H,6,12,14H2. The molecular weight excluding hydrogens is 378 g/mol. The van der Waals surface area contributed by atoms with E-state index in [0.29, 0.717) is 16.6 Å². The van der Waals surface area contributed by atoms with Gasteiger partial charge < -0.3 is 9.64 Å². The monoisotopic (exact) mass is 393 g/mol. The zero-order valence-electron chi connectivity index (χ0n) is 14.8. The largest absolute Gasteiger partial charge is 0.452 e. The first-order chi connectivity index (χ1) is 13.6. The number of carbonyl (C=O) groups excluding carboxylic acids is 2. The lowest BCUT2D eigenvalue weighted by Gasteiger charge is -2.21. The van der Waals surface area contributed by atoms with Crippen molar-refractivity contribution in [1.29, 1.82) is 5.26 Å². The molecule has 0 saturated carbocycles. The van der Waals surface area contributed by atoms with Crippen LogP contribution in [0.2, 0.25) is 5.15 Å². The van der Waals surface area contributed by atoms with Crippen LogP contribution in [0.3, 0.4) is 0 Å². The minimum atomic E-state index is -0.665. The van der Waals surface area contributed by atoms with E-state index in [-0.39, 0.29) is 23.7 Å². The van der Waals surface area contributed by atoms with E-state index in [1.54, 1.807) is 48.5 Å². The van der Waals surface area contributed by atoms with Gasteiger partial charge in [0, 0.05) is 17.6 Å². The van der Waals surface area contributed by atoms with Crippen LogP contribution in [0.15, 0.2) is 60.7 Å². The van der Waals surface area contributed by atoms with E-state index in [1.165, 1.54) is 11.0 Å². The second-order valence-electron chi connectivity index (χ2n) is 5.87. The molecule has 0 fully saturated rings. The zero-order chi connectivity index (χ0) is 19.9. The maximum Gasteiger partial charge on any atom is 0.339 e. The van der Waals surface area contributed by atoms with Gasteiger partial charge in [-0.3, -0.25) is 4.79 Å². The number of amides is 1. The van der Waals surface area contributed by atoms with Gasteiger partial charge in [-0.05, 0) is 24.3 Å². The molecule has 1 heterocycles. The van der Waals surface area contributed by atoms with Crippen molar-refractivity contribution in [3.8, 4) is 6.07 Å². The summed E-state index contributed by atoms with van der Waals surface area (Å²) in [6, 6.07) is 19.4. The summed E-state index contributed by atoms with van der Waals surface area (Å²) in [5, 5.41) is 9.60. The van der Waals surface area contributed by atoms with Gasteiger partial charge in [0.2, 0.25) is 0 Å². The molecule has 1 aromatic heterocycles. The summed E-state index contributed by atoms with van der Waals surface area (Å²) in [4.78, 5) is 30.8. The number of nitriles is 1. The Morgan fingerprint density at radius 3 is 2.57 bits per heavy atom. The van der Waals surface area contributed by atoms with Crippen molar-refractivity contribution < 1.29 is 14.3 Å². The number of ether oxygens (including phenoxy) is 1. The predicted molar refractivity (Wildman–Crippen MR) is 106 cm³/mol. The second-order valence-corrected chi connectivity index (χ2v) is 6.26. The molecule has 0 radical (unpaired) electrons. The summed E-state index contributed by atoms with van der Waals surface area (Å²) in [7, 11) is 0. The van der Waals surface area contributed by atoms with Gasteiger partial charge in [0.05, 0.1) is 23.6 Å². The Morgan fingerprint density at radius 1 is 1.11 bits per heavy atom. The number of aromatic nitrogens is 1. The van der Waals surface area contributed by atoms with Gasteiger partial charge in [-0.2, -0.15) is 5.26 Å². The normalized spacial score (nSPS) is 10.3. The molecule has 0 aliphatic heterocycles.